The molecule has 0 aliphatic carbocycles. The summed E-state index contributed by atoms with van der Waals surface area (Å²) >= 11 is 5.29. The first-order valence-electron chi connectivity index (χ1n) is 3.14. The molecular weight excluding hydrogens is 207 g/mol. The third-order valence-corrected chi connectivity index (χ3v) is 1.61. The Bertz CT molecular complexity index is 312. The average Bonchev–Trinajstić information content (AvgIpc) is 2.03. The molecule has 1 rings (SSSR count). The maximum absolute atomic E-state index is 12.2. The van der Waals surface area contributed by atoms with Gasteiger partial charge in [-0.3, -0.25) is 0 Å². The Morgan fingerprint density at radius 2 is 2.08 bits per heavy atom. The van der Waals surface area contributed by atoms with Gasteiger partial charge in [-0.1, -0.05) is 11.6 Å². The zero-order valence-electron chi connectivity index (χ0n) is 6.19. The zero-order chi connectivity index (χ0) is 10.1. The SMILES string of the molecule is NNc1cc(C(F)(F)F)c(Cl)cn1. The molecule has 0 spiro atoms. The van der Waals surface area contributed by atoms with Crippen molar-refractivity contribution >= 4 is 17.4 Å². The van der Waals surface area contributed by atoms with Crippen molar-refractivity contribution in [1.82, 2.24) is 4.98 Å². The van der Waals surface area contributed by atoms with Gasteiger partial charge in [-0.25, -0.2) is 10.8 Å². The monoisotopic (exact) mass is 211 g/mol. The number of halogens is 4. The van der Waals surface area contributed by atoms with Gasteiger partial charge in [0.15, 0.2) is 0 Å². The predicted molar refractivity (Wildman–Crippen MR) is 42.1 cm³/mol. The number of pyridine rings is 1. The number of hydrogen-bond donors (Lipinski definition) is 2. The van der Waals surface area contributed by atoms with E-state index in [1.165, 1.54) is 0 Å². The Balaban J connectivity index is 3.19. The number of aromatic nitrogens is 1. The fourth-order valence-corrected chi connectivity index (χ4v) is 0.945. The Morgan fingerprint density at radius 1 is 1.46 bits per heavy atom. The summed E-state index contributed by atoms with van der Waals surface area (Å²) in [5.41, 5.74) is 1.04. The number of hydrogen-bond acceptors (Lipinski definition) is 3. The van der Waals surface area contributed by atoms with Crippen molar-refractivity contribution in [1.29, 1.82) is 0 Å². The Morgan fingerprint density at radius 3 is 2.54 bits per heavy atom. The zero-order valence-corrected chi connectivity index (χ0v) is 6.95. The molecule has 0 unspecified atom stereocenters. The number of nitrogens with one attached hydrogen (secondary N) is 1. The number of nitrogens with two attached hydrogens (primary N) is 1. The van der Waals surface area contributed by atoms with Crippen molar-refractivity contribution in [2.45, 2.75) is 6.18 Å². The molecule has 3 nitrogen and oxygen atoms in total. The van der Waals surface area contributed by atoms with Crippen LogP contribution in [-0.4, -0.2) is 4.98 Å². The van der Waals surface area contributed by atoms with Crippen LogP contribution in [-0.2, 0) is 6.18 Å². The molecule has 7 heteroatoms. The fourth-order valence-electron chi connectivity index (χ4n) is 0.735. The molecule has 13 heavy (non-hydrogen) atoms. The third-order valence-electron chi connectivity index (χ3n) is 1.31. The lowest BCUT2D eigenvalue weighted by molar-refractivity contribution is -0.137. The first kappa shape index (κ1) is 10.1. The van der Waals surface area contributed by atoms with E-state index in [1.807, 2.05) is 5.43 Å². The van der Waals surface area contributed by atoms with Gasteiger partial charge in [-0.15, -0.1) is 0 Å². The smallest absolute Gasteiger partial charge is 0.308 e. The van der Waals surface area contributed by atoms with E-state index >= 15 is 0 Å². The Kier molecular flexibility index (Phi) is 2.63. The molecule has 1 aromatic heterocycles. The molecule has 1 aromatic rings. The van der Waals surface area contributed by atoms with E-state index in [-0.39, 0.29) is 5.82 Å². The number of nitrogen functional groups attached to an aromatic ring is 1. The first-order valence-corrected chi connectivity index (χ1v) is 3.52. The van der Waals surface area contributed by atoms with E-state index in [9.17, 15) is 13.2 Å². The molecule has 72 valence electrons. The largest absolute Gasteiger partial charge is 0.418 e. The van der Waals surface area contributed by atoms with Crippen LogP contribution in [0.1, 0.15) is 5.56 Å². The van der Waals surface area contributed by atoms with E-state index in [1.54, 1.807) is 0 Å². The molecule has 0 saturated carbocycles. The van der Waals surface area contributed by atoms with Gasteiger partial charge in [0.1, 0.15) is 5.82 Å². The molecule has 0 fully saturated rings. The minimum atomic E-state index is -4.49. The van der Waals surface area contributed by atoms with Gasteiger partial charge >= 0.3 is 6.18 Å². The quantitative estimate of drug-likeness (QED) is 0.552. The van der Waals surface area contributed by atoms with Crippen molar-refractivity contribution < 1.29 is 13.2 Å². The molecule has 0 aromatic carbocycles. The molecule has 0 saturated heterocycles. The van der Waals surface area contributed by atoms with Gasteiger partial charge < -0.3 is 5.43 Å². The number of anilines is 1. The summed E-state index contributed by atoms with van der Waals surface area (Å²) in [6, 6.07) is 0.738. The highest BCUT2D eigenvalue weighted by Crippen LogP contribution is 2.34. The predicted octanol–water partition coefficient (Wildman–Crippen LogP) is 2.04. The summed E-state index contributed by atoms with van der Waals surface area (Å²) in [5, 5.41) is -0.452. The van der Waals surface area contributed by atoms with Crippen molar-refractivity contribution in [3.63, 3.8) is 0 Å². The van der Waals surface area contributed by atoms with Crippen LogP contribution in [0.4, 0.5) is 19.0 Å². The lowest BCUT2D eigenvalue weighted by Gasteiger charge is -2.09. The highest BCUT2D eigenvalue weighted by Gasteiger charge is 2.33. The molecule has 0 aliphatic rings. The normalized spacial score (nSPS) is 11.5. The maximum atomic E-state index is 12.2. The molecule has 0 bridgehead atoms. The topological polar surface area (TPSA) is 50.9 Å². The second-order valence-corrected chi connectivity index (χ2v) is 2.60. The summed E-state index contributed by atoms with van der Waals surface area (Å²) in [4.78, 5) is 3.50. The maximum Gasteiger partial charge on any atom is 0.418 e. The molecule has 0 aliphatic heterocycles. The second kappa shape index (κ2) is 3.39. The average molecular weight is 212 g/mol. The lowest BCUT2D eigenvalue weighted by atomic mass is 10.2. The lowest BCUT2D eigenvalue weighted by Crippen LogP contribution is -2.12. The third kappa shape index (κ3) is 2.22. The van der Waals surface area contributed by atoms with Crippen LogP contribution < -0.4 is 11.3 Å². The van der Waals surface area contributed by atoms with Crippen LogP contribution in [0.25, 0.3) is 0 Å². The highest BCUT2D eigenvalue weighted by molar-refractivity contribution is 6.31. The van der Waals surface area contributed by atoms with Crippen LogP contribution in [0.2, 0.25) is 5.02 Å². The number of nitrogens with zero attached hydrogens (tertiary/aromatic N) is 1. The van der Waals surface area contributed by atoms with Crippen molar-refractivity contribution in [2.75, 3.05) is 5.43 Å². The van der Waals surface area contributed by atoms with Crippen molar-refractivity contribution in [3.8, 4) is 0 Å². The van der Waals surface area contributed by atoms with Gasteiger partial charge in [0.2, 0.25) is 0 Å². The van der Waals surface area contributed by atoms with Gasteiger partial charge in [0, 0.05) is 6.20 Å². The molecule has 0 atom stereocenters. The van der Waals surface area contributed by atoms with Crippen molar-refractivity contribution in [2.24, 2.45) is 5.84 Å². The minimum absolute atomic E-state index is 0.0864. The number of alkyl halides is 3. The highest BCUT2D eigenvalue weighted by atomic mass is 35.5. The van der Waals surface area contributed by atoms with Crippen LogP contribution in [0.15, 0.2) is 12.3 Å². The van der Waals surface area contributed by atoms with E-state index in [4.69, 9.17) is 17.4 Å². The summed E-state index contributed by atoms with van der Waals surface area (Å²) in [6.07, 6.45) is -3.61. The summed E-state index contributed by atoms with van der Waals surface area (Å²) in [5.74, 6) is 4.80. The fraction of sp³-hybridized carbons (Fsp3) is 0.167. The number of rotatable bonds is 1. The van der Waals surface area contributed by atoms with Gasteiger partial charge in [0.05, 0.1) is 10.6 Å². The Hall–Kier alpha value is -1.01. The van der Waals surface area contributed by atoms with Gasteiger partial charge in [0.25, 0.3) is 0 Å². The van der Waals surface area contributed by atoms with Crippen molar-refractivity contribution in [3.05, 3.63) is 22.8 Å². The summed E-state index contributed by atoms with van der Waals surface area (Å²) < 4.78 is 36.6. The van der Waals surface area contributed by atoms with Gasteiger partial charge in [-0.05, 0) is 6.07 Å². The first-order chi connectivity index (χ1) is 5.95. The van der Waals surface area contributed by atoms with Crippen LogP contribution in [0, 0.1) is 0 Å². The molecule has 3 N–H and O–H groups in total. The number of hydrazine groups is 1. The van der Waals surface area contributed by atoms with Crippen LogP contribution in [0.3, 0.4) is 0 Å². The molecular formula is C6H5ClF3N3. The standard InChI is InChI=1S/C6H5ClF3N3/c7-4-2-12-5(13-11)1-3(4)6(8,9)10/h1-2H,11H2,(H,12,13). The van der Waals surface area contributed by atoms with Crippen LogP contribution in [0.5, 0.6) is 0 Å². The van der Waals surface area contributed by atoms with E-state index in [0.29, 0.717) is 0 Å². The second-order valence-electron chi connectivity index (χ2n) is 2.19. The molecule has 1 heterocycles. The Labute approximate surface area is 76.7 Å². The van der Waals surface area contributed by atoms with E-state index in [2.05, 4.69) is 4.98 Å². The van der Waals surface area contributed by atoms with E-state index < -0.39 is 16.8 Å². The minimum Gasteiger partial charge on any atom is -0.308 e. The molecule has 0 amide bonds. The summed E-state index contributed by atoms with van der Waals surface area (Å²) in [7, 11) is 0. The van der Waals surface area contributed by atoms with Crippen LogP contribution >= 0.6 is 11.6 Å². The van der Waals surface area contributed by atoms with E-state index in [0.717, 1.165) is 12.3 Å². The summed E-state index contributed by atoms with van der Waals surface area (Å²) in [6.45, 7) is 0. The van der Waals surface area contributed by atoms with Gasteiger partial charge in [-0.2, -0.15) is 13.2 Å². The molecule has 0 radical (unpaired) electrons.